The number of methoxy groups -OCH3 is 2. The minimum atomic E-state index is 0.304. The number of benzene rings is 1. The summed E-state index contributed by atoms with van der Waals surface area (Å²) in [5, 5.41) is 0. The number of rotatable bonds is 3. The summed E-state index contributed by atoms with van der Waals surface area (Å²) in [7, 11) is 3.38. The fourth-order valence-corrected chi connectivity index (χ4v) is 3.61. The lowest BCUT2D eigenvalue weighted by Crippen LogP contribution is -2.21. The molecule has 3 nitrogen and oxygen atoms in total. The summed E-state index contributed by atoms with van der Waals surface area (Å²) in [4.78, 5) is 0. The van der Waals surface area contributed by atoms with Crippen molar-refractivity contribution in [3.05, 3.63) is 22.2 Å². The molecule has 1 aliphatic rings. The van der Waals surface area contributed by atoms with Crippen LogP contribution in [0.25, 0.3) is 0 Å². The summed E-state index contributed by atoms with van der Waals surface area (Å²) in [6.45, 7) is 0. The molecule has 2 unspecified atom stereocenters. The van der Waals surface area contributed by atoms with E-state index < -0.39 is 0 Å². The van der Waals surface area contributed by atoms with Crippen molar-refractivity contribution in [1.82, 2.24) is 0 Å². The van der Waals surface area contributed by atoms with E-state index in [4.69, 9.17) is 15.2 Å². The molecule has 4 heteroatoms. The second kappa shape index (κ2) is 6.62. The SMILES string of the molecule is COc1ccc(C2CCCCC(N)C2)c(OC)c1Br. The Kier molecular flexibility index (Phi) is 5.11. The average Bonchev–Trinajstić information content (AvgIpc) is 2.63. The largest absolute Gasteiger partial charge is 0.495 e. The lowest BCUT2D eigenvalue weighted by molar-refractivity contribution is 0.380. The molecule has 19 heavy (non-hydrogen) atoms. The maximum Gasteiger partial charge on any atom is 0.140 e. The quantitative estimate of drug-likeness (QED) is 0.858. The monoisotopic (exact) mass is 327 g/mol. The summed E-state index contributed by atoms with van der Waals surface area (Å²) in [6, 6.07) is 4.42. The lowest BCUT2D eigenvalue weighted by atomic mass is 9.90. The number of hydrogen-bond donors (Lipinski definition) is 1. The number of hydrogen-bond acceptors (Lipinski definition) is 3. The molecule has 0 amide bonds. The van der Waals surface area contributed by atoms with Gasteiger partial charge in [0.05, 0.1) is 14.2 Å². The van der Waals surface area contributed by atoms with E-state index in [2.05, 4.69) is 22.0 Å². The predicted molar refractivity (Wildman–Crippen MR) is 81.0 cm³/mol. The Labute approximate surface area is 123 Å². The van der Waals surface area contributed by atoms with E-state index in [0.717, 1.165) is 28.8 Å². The molecule has 1 aliphatic carbocycles. The van der Waals surface area contributed by atoms with E-state index in [1.165, 1.54) is 24.8 Å². The molecule has 0 aromatic heterocycles. The number of nitrogens with two attached hydrogens (primary N) is 1. The second-order valence-electron chi connectivity index (χ2n) is 5.18. The lowest BCUT2D eigenvalue weighted by Gasteiger charge is -2.21. The van der Waals surface area contributed by atoms with Crippen molar-refractivity contribution >= 4 is 15.9 Å². The van der Waals surface area contributed by atoms with Crippen molar-refractivity contribution in [1.29, 1.82) is 0 Å². The fraction of sp³-hybridized carbons (Fsp3) is 0.600. The standard InChI is InChI=1S/C15H22BrNO2/c1-18-13-8-7-12(15(19-2)14(13)16)10-5-3-4-6-11(17)9-10/h7-8,10-11H,3-6,9,17H2,1-2H3. The summed E-state index contributed by atoms with van der Waals surface area (Å²) < 4.78 is 11.8. The molecule has 2 atom stereocenters. The zero-order chi connectivity index (χ0) is 13.8. The molecular formula is C15H22BrNO2. The molecule has 0 saturated heterocycles. The van der Waals surface area contributed by atoms with Gasteiger partial charge < -0.3 is 15.2 Å². The Morgan fingerprint density at radius 1 is 1.16 bits per heavy atom. The van der Waals surface area contributed by atoms with Crippen molar-refractivity contribution in [2.75, 3.05) is 14.2 Å². The first-order chi connectivity index (χ1) is 9.17. The van der Waals surface area contributed by atoms with Gasteiger partial charge in [-0.3, -0.25) is 0 Å². The third kappa shape index (κ3) is 3.23. The molecule has 2 rings (SSSR count). The summed E-state index contributed by atoms with van der Waals surface area (Å²) >= 11 is 3.57. The normalized spacial score (nSPS) is 23.8. The van der Waals surface area contributed by atoms with E-state index in [-0.39, 0.29) is 0 Å². The maximum absolute atomic E-state index is 6.17. The highest BCUT2D eigenvalue weighted by atomic mass is 79.9. The van der Waals surface area contributed by atoms with Crippen LogP contribution in [0.5, 0.6) is 11.5 Å². The molecule has 1 saturated carbocycles. The van der Waals surface area contributed by atoms with Crippen LogP contribution in [0.1, 0.15) is 43.6 Å². The Balaban J connectivity index is 2.35. The molecule has 1 aromatic rings. The third-order valence-electron chi connectivity index (χ3n) is 3.92. The highest BCUT2D eigenvalue weighted by molar-refractivity contribution is 9.10. The van der Waals surface area contributed by atoms with E-state index in [0.29, 0.717) is 12.0 Å². The Morgan fingerprint density at radius 3 is 2.58 bits per heavy atom. The van der Waals surface area contributed by atoms with Crippen LogP contribution in [0.15, 0.2) is 16.6 Å². The first-order valence-corrected chi connectivity index (χ1v) is 7.62. The first-order valence-electron chi connectivity index (χ1n) is 6.83. The second-order valence-corrected chi connectivity index (χ2v) is 5.97. The molecule has 0 heterocycles. The molecule has 0 spiro atoms. The van der Waals surface area contributed by atoms with Crippen LogP contribution < -0.4 is 15.2 Å². The molecule has 0 bridgehead atoms. The third-order valence-corrected chi connectivity index (χ3v) is 4.67. The Hall–Kier alpha value is -0.740. The predicted octanol–water partition coefficient (Wildman–Crippen LogP) is 3.84. The van der Waals surface area contributed by atoms with Gasteiger partial charge in [0.25, 0.3) is 0 Å². The zero-order valence-electron chi connectivity index (χ0n) is 11.6. The smallest absolute Gasteiger partial charge is 0.140 e. The van der Waals surface area contributed by atoms with Gasteiger partial charge in [-0.15, -0.1) is 0 Å². The van der Waals surface area contributed by atoms with Crippen LogP contribution in [0.2, 0.25) is 0 Å². The minimum Gasteiger partial charge on any atom is -0.495 e. The summed E-state index contributed by atoms with van der Waals surface area (Å²) in [5.41, 5.74) is 7.41. The van der Waals surface area contributed by atoms with Crippen molar-refractivity contribution in [3.8, 4) is 11.5 Å². The average molecular weight is 328 g/mol. The van der Waals surface area contributed by atoms with Crippen LogP contribution in [0.4, 0.5) is 0 Å². The van der Waals surface area contributed by atoms with E-state index in [1.54, 1.807) is 14.2 Å². The van der Waals surface area contributed by atoms with Crippen LogP contribution in [0, 0.1) is 0 Å². The fourth-order valence-electron chi connectivity index (χ4n) is 2.92. The van der Waals surface area contributed by atoms with Gasteiger partial charge in [0.2, 0.25) is 0 Å². The zero-order valence-corrected chi connectivity index (χ0v) is 13.2. The summed E-state index contributed by atoms with van der Waals surface area (Å²) in [5.74, 6) is 2.17. The molecule has 1 fully saturated rings. The van der Waals surface area contributed by atoms with E-state index in [1.807, 2.05) is 6.07 Å². The van der Waals surface area contributed by atoms with Crippen LogP contribution in [-0.2, 0) is 0 Å². The minimum absolute atomic E-state index is 0.304. The van der Waals surface area contributed by atoms with Crippen molar-refractivity contribution in [3.63, 3.8) is 0 Å². The van der Waals surface area contributed by atoms with E-state index in [9.17, 15) is 0 Å². The molecular weight excluding hydrogens is 306 g/mol. The van der Waals surface area contributed by atoms with Gasteiger partial charge in [-0.25, -0.2) is 0 Å². The molecule has 0 aliphatic heterocycles. The summed E-state index contributed by atoms with van der Waals surface area (Å²) in [6.07, 6.45) is 5.83. The van der Waals surface area contributed by atoms with Crippen molar-refractivity contribution in [2.24, 2.45) is 5.73 Å². The van der Waals surface area contributed by atoms with Gasteiger partial charge >= 0.3 is 0 Å². The van der Waals surface area contributed by atoms with Gasteiger partial charge in [0.1, 0.15) is 16.0 Å². The highest BCUT2D eigenvalue weighted by Crippen LogP contribution is 2.43. The first kappa shape index (κ1) is 14.7. The molecule has 1 aromatic carbocycles. The van der Waals surface area contributed by atoms with Crippen molar-refractivity contribution < 1.29 is 9.47 Å². The topological polar surface area (TPSA) is 44.5 Å². The van der Waals surface area contributed by atoms with Gasteiger partial charge in [0.15, 0.2) is 0 Å². The molecule has 106 valence electrons. The van der Waals surface area contributed by atoms with Gasteiger partial charge in [-0.2, -0.15) is 0 Å². The highest BCUT2D eigenvalue weighted by Gasteiger charge is 2.24. The number of halogens is 1. The number of ether oxygens (including phenoxy) is 2. The van der Waals surface area contributed by atoms with Gasteiger partial charge in [-0.05, 0) is 52.7 Å². The van der Waals surface area contributed by atoms with Crippen LogP contribution in [-0.4, -0.2) is 20.3 Å². The van der Waals surface area contributed by atoms with Gasteiger partial charge in [0, 0.05) is 6.04 Å². The van der Waals surface area contributed by atoms with Crippen molar-refractivity contribution in [2.45, 2.75) is 44.1 Å². The molecule has 2 N–H and O–H groups in total. The van der Waals surface area contributed by atoms with Crippen LogP contribution >= 0.6 is 15.9 Å². The Morgan fingerprint density at radius 2 is 1.89 bits per heavy atom. The maximum atomic E-state index is 6.17. The Bertz CT molecular complexity index is 436. The van der Waals surface area contributed by atoms with E-state index >= 15 is 0 Å². The van der Waals surface area contributed by atoms with Gasteiger partial charge in [-0.1, -0.05) is 18.9 Å². The molecule has 0 radical (unpaired) electrons. The van der Waals surface area contributed by atoms with Crippen LogP contribution in [0.3, 0.4) is 0 Å².